The van der Waals surface area contributed by atoms with Crippen LogP contribution >= 0.6 is 0 Å². The minimum atomic E-state index is -1.74. The molecule has 2 aliphatic heterocycles. The zero-order chi connectivity index (χ0) is 45.2. The molecule has 9 atom stereocenters. The van der Waals surface area contributed by atoms with Crippen molar-refractivity contribution in [3.05, 3.63) is 64.7 Å². The second kappa shape index (κ2) is 21.6. The summed E-state index contributed by atoms with van der Waals surface area (Å²) in [5, 5.41) is 60.5. The molecule has 2 aliphatic rings. The molecule has 0 aliphatic carbocycles. The van der Waals surface area contributed by atoms with Gasteiger partial charge in [0.1, 0.15) is 47.7 Å². The lowest BCUT2D eigenvalue weighted by Crippen LogP contribution is -2.61. The number of ether oxygens (including phenoxy) is 2. The summed E-state index contributed by atoms with van der Waals surface area (Å²) < 4.78 is 10.3. The van der Waals surface area contributed by atoms with Gasteiger partial charge in [-0.25, -0.2) is 4.79 Å². The molecule has 0 radical (unpaired) electrons. The number of likely N-dealkylation sites (tertiary alicyclic amines) is 1. The first kappa shape index (κ1) is 48.5. The average Bonchev–Trinajstić information content (AvgIpc) is 3.70. The normalized spacial score (nSPS) is 23.0. The molecule has 61 heavy (non-hydrogen) atoms. The lowest BCUT2D eigenvalue weighted by molar-refractivity contribution is -0.283. The van der Waals surface area contributed by atoms with E-state index >= 15 is 0 Å². The number of carboxylic acids is 1. The number of amides is 5. The van der Waals surface area contributed by atoms with E-state index < -0.39 is 95.9 Å². The number of hydrogen-bond acceptors (Lipinski definition) is 13. The van der Waals surface area contributed by atoms with E-state index in [1.165, 1.54) is 25.9 Å². The number of carboxylic acid groups (broad SMARTS) is 1. The summed E-state index contributed by atoms with van der Waals surface area (Å²) in [6.45, 7) is 6.45. The van der Waals surface area contributed by atoms with Crippen LogP contribution in [-0.4, -0.2) is 147 Å². The molecule has 2 aromatic rings. The number of carbonyl (C=O) groups is 6. The van der Waals surface area contributed by atoms with E-state index in [2.05, 4.69) is 21.3 Å². The number of nitrogens with zero attached hydrogens (tertiary/aromatic N) is 1. The molecule has 0 bridgehead atoms. The van der Waals surface area contributed by atoms with Crippen molar-refractivity contribution < 1.29 is 63.8 Å². The lowest BCUT2D eigenvalue weighted by atomic mass is 9.95. The maximum atomic E-state index is 14.1. The highest BCUT2D eigenvalue weighted by molar-refractivity contribution is 5.96. The third kappa shape index (κ3) is 12.7. The van der Waals surface area contributed by atoms with Gasteiger partial charge in [0, 0.05) is 26.6 Å². The fourth-order valence-corrected chi connectivity index (χ4v) is 7.48. The van der Waals surface area contributed by atoms with Crippen LogP contribution in [0.2, 0.25) is 0 Å². The van der Waals surface area contributed by atoms with Crippen molar-refractivity contribution in [2.45, 2.75) is 133 Å². The predicted molar refractivity (Wildman–Crippen MR) is 218 cm³/mol. The van der Waals surface area contributed by atoms with Gasteiger partial charge >= 0.3 is 5.97 Å². The van der Waals surface area contributed by atoms with Crippen molar-refractivity contribution in [1.29, 1.82) is 0 Å². The largest absolute Gasteiger partial charge is 0.508 e. The summed E-state index contributed by atoms with van der Waals surface area (Å²) in [7, 11) is 1.20. The lowest BCUT2D eigenvalue weighted by Gasteiger charge is -2.38. The molecule has 4 rings (SSSR count). The SMILES string of the molecule is CO[C@@H]1O[C@H](C(=O)NCCCC[C@H](NC(=O)[C@H](Cc2ccccc2)NC(=O)[C@@H]2CCCN2C(=O)[C@@H](N)Cc2c(C)cc(O)cc2C)C(=O)NC(C)(C)C(=O)O)[C@@H](O)[C@H](O)[C@H]1O. The number of aliphatic hydroxyl groups excluding tert-OH is 3. The Balaban J connectivity index is 1.46. The number of carbonyl (C=O) groups excluding carboxylic acids is 5. The Bertz CT molecular complexity index is 1860. The standard InChI is InChI=1S/C42H60N6O13/c1-22-18-25(49)19-23(2)26(22)21-27(43)39(57)48-17-11-15-30(48)37(55)46-29(20-24-12-7-6-8-13-24)35(53)45-28(36(54)47-42(3,4)41(58)59)14-9-10-16-44-38(56)34-32(51)31(50)33(52)40(60-5)61-34/h6-8,12-13,18-19,27-34,40,49-52H,9-11,14-17,20-21,43H2,1-5H3,(H,44,56)(H,45,53)(H,46,55)(H,47,54)(H,58,59)/t27-,28-,29-,30-,31-,32-,33+,34-,40+/m0/s1. The van der Waals surface area contributed by atoms with E-state index in [1.807, 2.05) is 13.8 Å². The number of hydrogen-bond donors (Lipinski definition) is 10. The van der Waals surface area contributed by atoms with E-state index in [9.17, 15) is 54.3 Å². The summed E-state index contributed by atoms with van der Waals surface area (Å²) >= 11 is 0. The highest BCUT2D eigenvalue weighted by atomic mass is 16.7. The van der Waals surface area contributed by atoms with Crippen LogP contribution < -0.4 is 27.0 Å². The summed E-state index contributed by atoms with van der Waals surface area (Å²) in [6, 6.07) is 7.53. The number of rotatable bonds is 19. The Labute approximate surface area is 354 Å². The molecule has 2 heterocycles. The molecule has 2 aromatic carbocycles. The molecule has 19 nitrogen and oxygen atoms in total. The minimum absolute atomic E-state index is 0.00370. The number of phenols is 1. The van der Waals surface area contributed by atoms with Gasteiger partial charge in [0.05, 0.1) is 6.04 Å². The highest BCUT2D eigenvalue weighted by Gasteiger charge is 2.47. The highest BCUT2D eigenvalue weighted by Crippen LogP contribution is 2.25. The van der Waals surface area contributed by atoms with Crippen molar-refractivity contribution in [3.63, 3.8) is 0 Å². The molecule has 11 N–H and O–H groups in total. The number of phenolic OH excluding ortho intramolecular Hbond substituents is 1. The van der Waals surface area contributed by atoms with Gasteiger partial charge in [-0.05, 0) is 101 Å². The molecule has 2 fully saturated rings. The number of nitrogens with one attached hydrogen (secondary N) is 4. The van der Waals surface area contributed by atoms with Crippen LogP contribution in [-0.2, 0) is 51.1 Å². The van der Waals surface area contributed by atoms with E-state index in [1.54, 1.807) is 42.5 Å². The van der Waals surface area contributed by atoms with Crippen molar-refractivity contribution in [2.24, 2.45) is 5.73 Å². The van der Waals surface area contributed by atoms with Crippen molar-refractivity contribution >= 4 is 35.5 Å². The fourth-order valence-electron chi connectivity index (χ4n) is 7.48. The molecule has 0 saturated carbocycles. The minimum Gasteiger partial charge on any atom is -0.508 e. The Morgan fingerprint density at radius 2 is 1.56 bits per heavy atom. The number of methoxy groups -OCH3 is 1. The molecule has 5 amide bonds. The molecule has 0 unspecified atom stereocenters. The summed E-state index contributed by atoms with van der Waals surface area (Å²) in [5.74, 6) is -4.62. The Morgan fingerprint density at radius 3 is 2.18 bits per heavy atom. The van der Waals surface area contributed by atoms with Crippen LogP contribution in [0, 0.1) is 13.8 Å². The summed E-state index contributed by atoms with van der Waals surface area (Å²) in [4.78, 5) is 81.6. The predicted octanol–water partition coefficient (Wildman–Crippen LogP) is -1.20. The van der Waals surface area contributed by atoms with Crippen molar-refractivity contribution in [3.8, 4) is 5.75 Å². The van der Waals surface area contributed by atoms with Gasteiger partial charge in [-0.3, -0.25) is 24.0 Å². The number of unbranched alkanes of at least 4 members (excludes halogenated alkanes) is 1. The number of benzene rings is 2. The third-order valence-corrected chi connectivity index (χ3v) is 11.1. The zero-order valence-electron chi connectivity index (χ0n) is 35.1. The van der Waals surface area contributed by atoms with Gasteiger partial charge in [0.25, 0.3) is 5.91 Å². The molecule has 2 saturated heterocycles. The average molecular weight is 857 g/mol. The monoisotopic (exact) mass is 856 g/mol. The second-order valence-corrected chi connectivity index (χ2v) is 16.2. The number of aryl methyl sites for hydroxylation is 2. The molecule has 336 valence electrons. The first-order chi connectivity index (χ1) is 28.7. The first-order valence-corrected chi connectivity index (χ1v) is 20.3. The maximum Gasteiger partial charge on any atom is 0.328 e. The Morgan fingerprint density at radius 1 is 0.902 bits per heavy atom. The number of aromatic hydroxyl groups is 1. The number of aliphatic carboxylic acids is 1. The van der Waals surface area contributed by atoms with Crippen LogP contribution in [0.25, 0.3) is 0 Å². The second-order valence-electron chi connectivity index (χ2n) is 16.2. The van der Waals surface area contributed by atoms with Gasteiger partial charge in [-0.1, -0.05) is 30.3 Å². The maximum absolute atomic E-state index is 14.1. The van der Waals surface area contributed by atoms with Crippen molar-refractivity contribution in [2.75, 3.05) is 20.2 Å². The van der Waals surface area contributed by atoms with E-state index in [4.69, 9.17) is 15.2 Å². The smallest absolute Gasteiger partial charge is 0.328 e. The zero-order valence-corrected chi connectivity index (χ0v) is 35.1. The fraction of sp³-hybridized carbons (Fsp3) is 0.571. The van der Waals surface area contributed by atoms with Gasteiger partial charge < -0.3 is 66.9 Å². The van der Waals surface area contributed by atoms with Gasteiger partial charge in [-0.2, -0.15) is 0 Å². The van der Waals surface area contributed by atoms with Crippen LogP contribution in [0.3, 0.4) is 0 Å². The molecular weight excluding hydrogens is 796 g/mol. The van der Waals surface area contributed by atoms with Crippen LogP contribution in [0.1, 0.15) is 68.2 Å². The molecule has 19 heteroatoms. The van der Waals surface area contributed by atoms with Crippen LogP contribution in [0.5, 0.6) is 5.75 Å². The Hall–Kier alpha value is -5.18. The van der Waals surface area contributed by atoms with E-state index in [0.29, 0.717) is 18.4 Å². The van der Waals surface area contributed by atoms with Crippen molar-refractivity contribution in [1.82, 2.24) is 26.2 Å². The first-order valence-electron chi connectivity index (χ1n) is 20.3. The quantitative estimate of drug-likeness (QED) is 0.0744. The van der Waals surface area contributed by atoms with Crippen LogP contribution in [0.15, 0.2) is 42.5 Å². The van der Waals surface area contributed by atoms with Gasteiger partial charge in [-0.15, -0.1) is 0 Å². The Kier molecular flexibility index (Phi) is 17.1. The molecular formula is C42H60N6O13. The summed E-state index contributed by atoms with van der Waals surface area (Å²) in [5.41, 5.74) is 7.73. The number of nitrogens with two attached hydrogens (primary N) is 1. The van der Waals surface area contributed by atoms with E-state index in [0.717, 1.165) is 16.7 Å². The molecule has 0 aromatic heterocycles. The topological polar surface area (TPSA) is 299 Å². The number of aliphatic hydroxyl groups is 3. The third-order valence-electron chi connectivity index (χ3n) is 11.1. The molecule has 0 spiro atoms. The van der Waals surface area contributed by atoms with Gasteiger partial charge in [0.2, 0.25) is 23.6 Å². The van der Waals surface area contributed by atoms with E-state index in [-0.39, 0.29) is 50.9 Å². The van der Waals surface area contributed by atoms with Gasteiger partial charge in [0.15, 0.2) is 12.4 Å². The summed E-state index contributed by atoms with van der Waals surface area (Å²) in [6.07, 6.45) is -6.54. The van der Waals surface area contributed by atoms with Crippen LogP contribution in [0.4, 0.5) is 0 Å².